The van der Waals surface area contributed by atoms with E-state index in [1.54, 1.807) is 0 Å². The molecule has 0 amide bonds. The van der Waals surface area contributed by atoms with Gasteiger partial charge in [0.1, 0.15) is 0 Å². The molecule has 0 aromatic heterocycles. The minimum atomic E-state index is -0.0837. The zero-order chi connectivity index (χ0) is 7.30. The number of carbonyl (C=O) groups excluding carboxylic acids is 2. The topological polar surface area (TPSA) is 34.1 Å². The number of ketones is 2. The highest BCUT2D eigenvalue weighted by Gasteiger charge is 2.38. The molecule has 2 heteroatoms. The fraction of sp³-hybridized carbons (Fsp3) is 0. The van der Waals surface area contributed by atoms with Crippen molar-refractivity contribution >= 4 is 11.6 Å². The summed E-state index contributed by atoms with van der Waals surface area (Å²) in [6, 6.07) is 0. The number of allylic oxidation sites excluding steroid dienone is 5. The molecule has 2 rings (SSSR count). The third-order valence-electron chi connectivity index (χ3n) is 1.67. The first-order chi connectivity index (χ1) is 4.72. The van der Waals surface area contributed by atoms with Crippen LogP contribution in [0, 0.1) is 0 Å². The van der Waals surface area contributed by atoms with Gasteiger partial charge in [-0.1, -0.05) is 6.58 Å². The quantitative estimate of drug-likeness (QED) is 0.451. The fourth-order valence-electron chi connectivity index (χ4n) is 1.09. The molecule has 0 radical (unpaired) electrons. The molecule has 2 aliphatic rings. The van der Waals surface area contributed by atoms with Crippen LogP contribution in [0.5, 0.6) is 0 Å². The van der Waals surface area contributed by atoms with Crippen molar-refractivity contribution in [3.63, 3.8) is 0 Å². The van der Waals surface area contributed by atoms with Crippen molar-refractivity contribution in [3.8, 4) is 0 Å². The van der Waals surface area contributed by atoms with Crippen LogP contribution in [-0.2, 0) is 9.59 Å². The summed E-state index contributed by atoms with van der Waals surface area (Å²) in [6.45, 7) is 3.56. The molecular formula is C8H4O2. The van der Waals surface area contributed by atoms with E-state index in [1.807, 2.05) is 0 Å². The van der Waals surface area contributed by atoms with E-state index in [0.29, 0.717) is 16.7 Å². The highest BCUT2D eigenvalue weighted by Crippen LogP contribution is 2.40. The standard InChI is InChI=1S/C8H4O2/c1-4-7-5(9)2-3-6(10)8(4)7/h2-3H,1H2. The van der Waals surface area contributed by atoms with Gasteiger partial charge in [0.25, 0.3) is 0 Å². The SMILES string of the molecule is C=C1C2=C1C(=O)C=CC2=O. The van der Waals surface area contributed by atoms with Crippen molar-refractivity contribution in [1.29, 1.82) is 0 Å². The van der Waals surface area contributed by atoms with Gasteiger partial charge in [0.2, 0.25) is 0 Å². The Morgan fingerprint density at radius 2 is 1.40 bits per heavy atom. The van der Waals surface area contributed by atoms with Crippen LogP contribution in [0.2, 0.25) is 0 Å². The number of carbonyl (C=O) groups is 2. The molecule has 0 aliphatic heterocycles. The molecule has 0 N–H and O–H groups in total. The lowest BCUT2D eigenvalue weighted by Gasteiger charge is -1.85. The molecular weight excluding hydrogens is 128 g/mol. The molecule has 0 aromatic rings. The van der Waals surface area contributed by atoms with Gasteiger partial charge in [0, 0.05) is 11.1 Å². The maximum absolute atomic E-state index is 10.8. The van der Waals surface area contributed by atoms with E-state index < -0.39 is 0 Å². The van der Waals surface area contributed by atoms with Crippen LogP contribution in [0.3, 0.4) is 0 Å². The Balaban J connectivity index is 2.52. The minimum absolute atomic E-state index is 0.0837. The maximum Gasteiger partial charge on any atom is 0.187 e. The summed E-state index contributed by atoms with van der Waals surface area (Å²) in [5, 5.41) is 0. The van der Waals surface area contributed by atoms with E-state index in [1.165, 1.54) is 12.2 Å². The second-order valence-corrected chi connectivity index (χ2v) is 2.29. The molecule has 48 valence electrons. The summed E-state index contributed by atoms with van der Waals surface area (Å²) < 4.78 is 0. The molecule has 0 aromatic carbocycles. The van der Waals surface area contributed by atoms with Gasteiger partial charge in [0.15, 0.2) is 11.6 Å². The molecule has 10 heavy (non-hydrogen) atoms. The Bertz CT molecular complexity index is 299. The molecule has 0 fully saturated rings. The number of rotatable bonds is 0. The van der Waals surface area contributed by atoms with Crippen LogP contribution >= 0.6 is 0 Å². The zero-order valence-electron chi connectivity index (χ0n) is 5.18. The third kappa shape index (κ3) is 0.436. The van der Waals surface area contributed by atoms with Crippen LogP contribution in [0.25, 0.3) is 0 Å². The molecule has 0 unspecified atom stereocenters. The third-order valence-corrected chi connectivity index (χ3v) is 1.67. The average molecular weight is 132 g/mol. The second-order valence-electron chi connectivity index (χ2n) is 2.29. The van der Waals surface area contributed by atoms with E-state index in [9.17, 15) is 9.59 Å². The van der Waals surface area contributed by atoms with Crippen LogP contribution in [0.4, 0.5) is 0 Å². The van der Waals surface area contributed by atoms with Gasteiger partial charge in [0.05, 0.1) is 0 Å². The maximum atomic E-state index is 10.8. The van der Waals surface area contributed by atoms with Crippen LogP contribution < -0.4 is 0 Å². The minimum Gasteiger partial charge on any atom is -0.289 e. The van der Waals surface area contributed by atoms with Crippen LogP contribution in [-0.4, -0.2) is 11.6 Å². The monoisotopic (exact) mass is 132 g/mol. The summed E-state index contributed by atoms with van der Waals surface area (Å²) in [6.07, 6.45) is 2.58. The summed E-state index contributed by atoms with van der Waals surface area (Å²) in [4.78, 5) is 21.7. The molecule has 2 nitrogen and oxygen atoms in total. The van der Waals surface area contributed by atoms with Gasteiger partial charge >= 0.3 is 0 Å². The Labute approximate surface area is 57.5 Å². The number of hydrogen-bond donors (Lipinski definition) is 0. The molecule has 0 bridgehead atoms. The first kappa shape index (κ1) is 5.35. The smallest absolute Gasteiger partial charge is 0.187 e. The van der Waals surface area contributed by atoms with E-state index >= 15 is 0 Å². The first-order valence-electron chi connectivity index (χ1n) is 2.92. The van der Waals surface area contributed by atoms with E-state index in [-0.39, 0.29) is 11.6 Å². The predicted octanol–water partition coefficient (Wildman–Crippen LogP) is 0.561. The van der Waals surface area contributed by atoms with E-state index in [4.69, 9.17) is 0 Å². The van der Waals surface area contributed by atoms with Crippen LogP contribution in [0.15, 0.2) is 35.5 Å². The molecule has 0 spiro atoms. The first-order valence-corrected chi connectivity index (χ1v) is 2.92. The van der Waals surface area contributed by atoms with Gasteiger partial charge in [-0.05, 0) is 17.7 Å². The normalized spacial score (nSPS) is 21.8. The highest BCUT2D eigenvalue weighted by atomic mass is 16.1. The summed E-state index contributed by atoms with van der Waals surface area (Å²) >= 11 is 0. The van der Waals surface area contributed by atoms with Gasteiger partial charge in [-0.3, -0.25) is 9.59 Å². The molecule has 0 heterocycles. The molecule has 0 saturated heterocycles. The second kappa shape index (κ2) is 1.34. The Hall–Kier alpha value is -1.44. The number of hydrogen-bond acceptors (Lipinski definition) is 2. The highest BCUT2D eigenvalue weighted by molar-refractivity contribution is 6.32. The lowest BCUT2D eigenvalue weighted by molar-refractivity contribution is -0.113. The Morgan fingerprint density at radius 1 is 1.00 bits per heavy atom. The Morgan fingerprint density at radius 3 is 1.80 bits per heavy atom. The zero-order valence-corrected chi connectivity index (χ0v) is 5.18. The van der Waals surface area contributed by atoms with Crippen LogP contribution in [0.1, 0.15) is 0 Å². The molecule has 0 saturated carbocycles. The van der Waals surface area contributed by atoms with Gasteiger partial charge in [-0.15, -0.1) is 0 Å². The predicted molar refractivity (Wildman–Crippen MR) is 35.3 cm³/mol. The summed E-state index contributed by atoms with van der Waals surface area (Å²) in [5.41, 5.74) is 1.69. The lowest BCUT2D eigenvalue weighted by atomic mass is 10.2. The molecule has 2 aliphatic carbocycles. The fourth-order valence-corrected chi connectivity index (χ4v) is 1.09. The van der Waals surface area contributed by atoms with Crippen molar-refractivity contribution in [3.05, 3.63) is 35.5 Å². The van der Waals surface area contributed by atoms with Crippen molar-refractivity contribution in [2.75, 3.05) is 0 Å². The van der Waals surface area contributed by atoms with E-state index in [2.05, 4.69) is 6.58 Å². The Kier molecular flexibility index (Phi) is 0.719. The van der Waals surface area contributed by atoms with Crippen molar-refractivity contribution in [2.45, 2.75) is 0 Å². The van der Waals surface area contributed by atoms with Gasteiger partial charge in [-0.2, -0.15) is 0 Å². The van der Waals surface area contributed by atoms with Crippen molar-refractivity contribution in [2.24, 2.45) is 0 Å². The summed E-state index contributed by atoms with van der Waals surface area (Å²) in [7, 11) is 0. The average Bonchev–Trinajstić information content (AvgIpc) is 2.55. The van der Waals surface area contributed by atoms with Crippen molar-refractivity contribution < 1.29 is 9.59 Å². The lowest BCUT2D eigenvalue weighted by Crippen LogP contribution is -1.97. The van der Waals surface area contributed by atoms with E-state index in [0.717, 1.165) is 0 Å². The van der Waals surface area contributed by atoms with Crippen molar-refractivity contribution in [1.82, 2.24) is 0 Å². The van der Waals surface area contributed by atoms with Gasteiger partial charge in [-0.25, -0.2) is 0 Å². The summed E-state index contributed by atoms with van der Waals surface area (Å²) in [5.74, 6) is -0.167. The molecule has 0 atom stereocenters. The van der Waals surface area contributed by atoms with Gasteiger partial charge < -0.3 is 0 Å². The largest absolute Gasteiger partial charge is 0.289 e.